The number of carbonyl (C=O) groups excluding carboxylic acids is 1. The molecule has 3 rings (SSSR count). The molecule has 0 saturated carbocycles. The lowest BCUT2D eigenvalue weighted by molar-refractivity contribution is -0.154. The van der Waals surface area contributed by atoms with Gasteiger partial charge in [-0.2, -0.15) is 0 Å². The minimum absolute atomic E-state index is 0.518. The molecule has 0 aliphatic carbocycles. The van der Waals surface area contributed by atoms with Gasteiger partial charge in [0.15, 0.2) is 0 Å². The van der Waals surface area contributed by atoms with Gasteiger partial charge in [-0.3, -0.25) is 0 Å². The van der Waals surface area contributed by atoms with Crippen molar-refractivity contribution in [2.45, 2.75) is 13.2 Å². The maximum absolute atomic E-state index is 11.5. The average molecular weight is 344 g/mol. The summed E-state index contributed by atoms with van der Waals surface area (Å²) in [6.07, 6.45) is 0.383. The molecule has 0 spiro atoms. The van der Waals surface area contributed by atoms with Crippen molar-refractivity contribution in [1.29, 1.82) is 0 Å². The van der Waals surface area contributed by atoms with Gasteiger partial charge in [0, 0.05) is 24.1 Å². The zero-order chi connectivity index (χ0) is 18.4. The Morgan fingerprint density at radius 2 is 1.35 bits per heavy atom. The molecule has 0 saturated heterocycles. The maximum Gasteiger partial charge on any atom is 0.333 e. The lowest BCUT2D eigenvalue weighted by atomic mass is 9.97. The third-order valence-corrected chi connectivity index (χ3v) is 3.92. The molecule has 0 aliphatic rings. The molecule has 26 heavy (non-hydrogen) atoms. The molecule has 3 heteroatoms. The topological polar surface area (TPSA) is 35.5 Å². The monoisotopic (exact) mass is 344 g/mol. The van der Waals surface area contributed by atoms with Gasteiger partial charge < -0.3 is 9.47 Å². The highest BCUT2D eigenvalue weighted by molar-refractivity contribution is 5.83. The van der Waals surface area contributed by atoms with E-state index in [9.17, 15) is 4.79 Å². The van der Waals surface area contributed by atoms with Gasteiger partial charge in [0.05, 0.1) is 0 Å². The van der Waals surface area contributed by atoms with E-state index in [1.807, 2.05) is 78.9 Å². The fourth-order valence-electron chi connectivity index (χ4n) is 2.76. The van der Waals surface area contributed by atoms with Crippen LogP contribution in [0.5, 0.6) is 5.75 Å². The molecule has 3 nitrogen and oxygen atoms in total. The summed E-state index contributed by atoms with van der Waals surface area (Å²) in [4.78, 5) is 11.5. The fraction of sp³-hybridized carbons (Fsp3) is 0.0870. The van der Waals surface area contributed by atoms with Crippen molar-refractivity contribution in [3.05, 3.63) is 91.5 Å². The fourth-order valence-corrected chi connectivity index (χ4v) is 2.76. The van der Waals surface area contributed by atoms with E-state index in [-0.39, 0.29) is 0 Å². The molecule has 0 aromatic heterocycles. The smallest absolute Gasteiger partial charge is 0.333 e. The van der Waals surface area contributed by atoms with Gasteiger partial charge in [0.25, 0.3) is 0 Å². The predicted octanol–water partition coefficient (Wildman–Crippen LogP) is 5.47. The molecule has 0 bridgehead atoms. The summed E-state index contributed by atoms with van der Waals surface area (Å²) in [5.74, 6) is 0.158. The molecule has 0 amide bonds. The van der Waals surface area contributed by atoms with Crippen molar-refractivity contribution in [1.82, 2.24) is 0 Å². The van der Waals surface area contributed by atoms with Gasteiger partial charge in [0.1, 0.15) is 5.75 Å². The second-order valence-corrected chi connectivity index (χ2v) is 5.74. The van der Waals surface area contributed by atoms with Crippen LogP contribution in [0.3, 0.4) is 0 Å². The molecule has 1 atom stereocenters. The number of benzene rings is 3. The second kappa shape index (κ2) is 8.17. The van der Waals surface area contributed by atoms with Crippen LogP contribution in [-0.2, 0) is 9.53 Å². The van der Waals surface area contributed by atoms with Crippen molar-refractivity contribution in [2.75, 3.05) is 0 Å². The Balaban J connectivity index is 2.08. The number of esters is 1. The predicted molar refractivity (Wildman–Crippen MR) is 104 cm³/mol. The first-order valence-electron chi connectivity index (χ1n) is 8.42. The van der Waals surface area contributed by atoms with Crippen LogP contribution < -0.4 is 4.74 Å². The van der Waals surface area contributed by atoms with Gasteiger partial charge in [0.2, 0.25) is 6.29 Å². The molecular formula is C23H20O3. The van der Waals surface area contributed by atoms with Crippen LogP contribution in [0.4, 0.5) is 0 Å². The van der Waals surface area contributed by atoms with Crippen molar-refractivity contribution in [3.8, 4) is 28.0 Å². The SMILES string of the molecule is C=CC(=O)OC(C)Oc1c(-c2ccccc2)cccc1-c1ccccc1. The quantitative estimate of drug-likeness (QED) is 0.338. The summed E-state index contributed by atoms with van der Waals surface area (Å²) < 4.78 is 11.3. The number of carbonyl (C=O) groups is 1. The van der Waals surface area contributed by atoms with Crippen LogP contribution in [-0.4, -0.2) is 12.3 Å². The Kier molecular flexibility index (Phi) is 5.49. The highest BCUT2D eigenvalue weighted by atomic mass is 16.7. The summed E-state index contributed by atoms with van der Waals surface area (Å²) in [5.41, 5.74) is 3.94. The molecule has 0 fully saturated rings. The summed E-state index contributed by atoms with van der Waals surface area (Å²) in [6.45, 7) is 5.11. The first kappa shape index (κ1) is 17.5. The lowest BCUT2D eigenvalue weighted by Crippen LogP contribution is -2.20. The van der Waals surface area contributed by atoms with Crippen LogP contribution in [0.1, 0.15) is 6.92 Å². The van der Waals surface area contributed by atoms with E-state index in [0.29, 0.717) is 5.75 Å². The van der Waals surface area contributed by atoms with E-state index < -0.39 is 12.3 Å². The van der Waals surface area contributed by atoms with Crippen LogP contribution in [0.15, 0.2) is 91.5 Å². The van der Waals surface area contributed by atoms with E-state index in [1.165, 1.54) is 0 Å². The molecule has 0 N–H and O–H groups in total. The Bertz CT molecular complexity index is 828. The van der Waals surface area contributed by atoms with Gasteiger partial charge in [-0.25, -0.2) is 4.79 Å². The van der Waals surface area contributed by atoms with Crippen molar-refractivity contribution in [2.24, 2.45) is 0 Å². The minimum atomic E-state index is -0.743. The standard InChI is InChI=1S/C23H20O3/c1-3-22(24)25-17(2)26-23-20(18-11-6-4-7-12-18)15-10-16-21(23)19-13-8-5-9-14-19/h3-17H,1H2,2H3. The van der Waals surface area contributed by atoms with Crippen molar-refractivity contribution in [3.63, 3.8) is 0 Å². The molecular weight excluding hydrogens is 324 g/mol. The molecule has 0 aliphatic heterocycles. The molecule has 0 heterocycles. The molecule has 0 radical (unpaired) electrons. The van der Waals surface area contributed by atoms with E-state index in [2.05, 4.69) is 6.58 Å². The summed E-state index contributed by atoms with van der Waals surface area (Å²) in [7, 11) is 0. The zero-order valence-corrected chi connectivity index (χ0v) is 14.6. The number of ether oxygens (including phenoxy) is 2. The van der Waals surface area contributed by atoms with Gasteiger partial charge in [-0.05, 0) is 11.1 Å². The van der Waals surface area contributed by atoms with Crippen LogP contribution >= 0.6 is 0 Å². The van der Waals surface area contributed by atoms with Crippen LogP contribution in [0.25, 0.3) is 22.3 Å². The normalized spacial score (nSPS) is 11.4. The van der Waals surface area contributed by atoms with E-state index in [0.717, 1.165) is 28.3 Å². The van der Waals surface area contributed by atoms with E-state index in [4.69, 9.17) is 9.47 Å². The molecule has 3 aromatic carbocycles. The number of hydrogen-bond donors (Lipinski definition) is 0. The third kappa shape index (κ3) is 4.01. The molecule has 130 valence electrons. The Labute approximate surface area is 153 Å². The first-order valence-corrected chi connectivity index (χ1v) is 8.42. The van der Waals surface area contributed by atoms with Crippen LogP contribution in [0, 0.1) is 0 Å². The molecule has 3 aromatic rings. The average Bonchev–Trinajstić information content (AvgIpc) is 2.69. The first-order chi connectivity index (χ1) is 12.7. The minimum Gasteiger partial charge on any atom is -0.454 e. The summed E-state index contributed by atoms with van der Waals surface area (Å²) in [5, 5.41) is 0. The highest BCUT2D eigenvalue weighted by Crippen LogP contribution is 2.39. The van der Waals surface area contributed by atoms with Gasteiger partial charge in [-0.15, -0.1) is 0 Å². The second-order valence-electron chi connectivity index (χ2n) is 5.74. The molecule has 1 unspecified atom stereocenters. The van der Waals surface area contributed by atoms with Gasteiger partial charge in [-0.1, -0.05) is 85.4 Å². The van der Waals surface area contributed by atoms with E-state index in [1.54, 1.807) is 6.92 Å². The van der Waals surface area contributed by atoms with Crippen molar-refractivity contribution >= 4 is 5.97 Å². The summed E-state index contributed by atoms with van der Waals surface area (Å²) >= 11 is 0. The van der Waals surface area contributed by atoms with Gasteiger partial charge >= 0.3 is 5.97 Å². The largest absolute Gasteiger partial charge is 0.454 e. The Morgan fingerprint density at radius 3 is 1.81 bits per heavy atom. The van der Waals surface area contributed by atoms with E-state index >= 15 is 0 Å². The van der Waals surface area contributed by atoms with Crippen LogP contribution in [0.2, 0.25) is 0 Å². The number of hydrogen-bond acceptors (Lipinski definition) is 3. The third-order valence-electron chi connectivity index (χ3n) is 3.92. The Morgan fingerprint density at radius 1 is 0.846 bits per heavy atom. The Hall–Kier alpha value is -3.33. The summed E-state index contributed by atoms with van der Waals surface area (Å²) in [6, 6.07) is 26.0. The van der Waals surface area contributed by atoms with Crippen molar-refractivity contribution < 1.29 is 14.3 Å². The maximum atomic E-state index is 11.5. The zero-order valence-electron chi connectivity index (χ0n) is 14.6. The lowest BCUT2D eigenvalue weighted by Gasteiger charge is -2.20. The number of rotatable bonds is 6. The highest BCUT2D eigenvalue weighted by Gasteiger charge is 2.17. The number of para-hydroxylation sites is 1.